The Bertz CT molecular complexity index is 929. The van der Waals surface area contributed by atoms with Gasteiger partial charge in [0.2, 0.25) is 17.7 Å². The molecule has 35 heavy (non-hydrogen) atoms. The van der Waals surface area contributed by atoms with Gasteiger partial charge < -0.3 is 20.9 Å². The molecule has 0 bridgehead atoms. The first kappa shape index (κ1) is 26.8. The zero-order valence-electron chi connectivity index (χ0n) is 20.2. The molecule has 2 aliphatic heterocycles. The molecule has 6 atom stereocenters. The summed E-state index contributed by atoms with van der Waals surface area (Å²) in [6, 6.07) is -1.26. The van der Waals surface area contributed by atoms with E-state index in [1.165, 1.54) is 18.7 Å². The molecule has 1 aliphatic carbocycles. The first-order valence-corrected chi connectivity index (χ1v) is 11.9. The van der Waals surface area contributed by atoms with Crippen molar-refractivity contribution in [2.45, 2.75) is 71.3 Å². The van der Waals surface area contributed by atoms with Crippen molar-refractivity contribution in [3.05, 3.63) is 0 Å². The second-order valence-electron chi connectivity index (χ2n) is 10.6. The van der Waals surface area contributed by atoms with Crippen LogP contribution >= 0.6 is 0 Å². The average molecular weight is 500 g/mol. The Morgan fingerprint density at radius 2 is 1.91 bits per heavy atom. The van der Waals surface area contributed by atoms with Gasteiger partial charge in [-0.05, 0) is 42.4 Å². The van der Waals surface area contributed by atoms with Crippen LogP contribution in [0.3, 0.4) is 0 Å². The molecule has 9 nitrogen and oxygen atoms in total. The summed E-state index contributed by atoms with van der Waals surface area (Å²) in [4.78, 5) is 51.1. The Labute approximate surface area is 202 Å². The lowest BCUT2D eigenvalue weighted by atomic mass is 9.96. The SMILES string of the molecule is CC(C)[C@H](NC(=O)C(F)(F)F)C(=O)N1C[C@H]2[C@@H]([C@H]1C(=O)N[C@H](C#N)CC[C@@H]1CCNC1=O)C2(C)C. The number of likely N-dealkylation sites (tertiary alicyclic amines) is 1. The summed E-state index contributed by atoms with van der Waals surface area (Å²) in [5.41, 5.74) is -0.245. The molecule has 194 valence electrons. The van der Waals surface area contributed by atoms with Crippen molar-refractivity contribution in [2.75, 3.05) is 13.1 Å². The van der Waals surface area contributed by atoms with Crippen LogP contribution in [0.2, 0.25) is 0 Å². The summed E-state index contributed by atoms with van der Waals surface area (Å²) in [5, 5.41) is 16.7. The van der Waals surface area contributed by atoms with E-state index in [0.717, 1.165) is 0 Å². The van der Waals surface area contributed by atoms with E-state index in [4.69, 9.17) is 0 Å². The molecule has 0 spiro atoms. The van der Waals surface area contributed by atoms with Gasteiger partial charge in [-0.2, -0.15) is 18.4 Å². The second-order valence-corrected chi connectivity index (χ2v) is 10.6. The van der Waals surface area contributed by atoms with Crippen molar-refractivity contribution >= 4 is 23.6 Å². The van der Waals surface area contributed by atoms with Gasteiger partial charge in [0.05, 0.1) is 6.07 Å². The van der Waals surface area contributed by atoms with Crippen molar-refractivity contribution in [2.24, 2.45) is 29.1 Å². The summed E-state index contributed by atoms with van der Waals surface area (Å²) in [5.74, 6) is -4.69. The summed E-state index contributed by atoms with van der Waals surface area (Å²) in [6.07, 6.45) is -3.80. The topological polar surface area (TPSA) is 131 Å². The number of amides is 4. The van der Waals surface area contributed by atoms with Gasteiger partial charge >= 0.3 is 12.1 Å². The van der Waals surface area contributed by atoms with Crippen molar-refractivity contribution in [1.29, 1.82) is 5.26 Å². The summed E-state index contributed by atoms with van der Waals surface area (Å²) < 4.78 is 38.5. The minimum atomic E-state index is -5.14. The molecule has 3 rings (SSSR count). The zero-order chi connectivity index (χ0) is 26.3. The number of fused-ring (bicyclic) bond motifs is 1. The third-order valence-corrected chi connectivity index (χ3v) is 7.68. The van der Waals surface area contributed by atoms with E-state index in [-0.39, 0.29) is 42.0 Å². The Morgan fingerprint density at radius 3 is 2.43 bits per heavy atom. The highest BCUT2D eigenvalue weighted by Gasteiger charge is 2.69. The Kier molecular flexibility index (Phi) is 7.39. The van der Waals surface area contributed by atoms with Gasteiger partial charge in [0.1, 0.15) is 18.1 Å². The minimum Gasteiger partial charge on any atom is -0.356 e. The van der Waals surface area contributed by atoms with Gasteiger partial charge in [0.15, 0.2) is 0 Å². The maximum absolute atomic E-state index is 13.3. The normalized spacial score (nSPS) is 28.5. The number of nitriles is 1. The molecule has 4 amide bonds. The van der Waals surface area contributed by atoms with E-state index in [0.29, 0.717) is 19.4 Å². The van der Waals surface area contributed by atoms with Gasteiger partial charge in [-0.25, -0.2) is 0 Å². The molecule has 0 aromatic rings. The number of nitrogens with one attached hydrogen (secondary N) is 3. The maximum Gasteiger partial charge on any atom is 0.471 e. The van der Waals surface area contributed by atoms with Crippen molar-refractivity contribution in [3.8, 4) is 6.07 Å². The minimum absolute atomic E-state index is 0.0175. The predicted octanol–water partition coefficient (Wildman–Crippen LogP) is 1.10. The molecule has 0 aromatic heterocycles. The largest absolute Gasteiger partial charge is 0.471 e. The lowest BCUT2D eigenvalue weighted by Gasteiger charge is -2.34. The second kappa shape index (κ2) is 9.66. The van der Waals surface area contributed by atoms with Crippen LogP contribution in [0.1, 0.15) is 47.0 Å². The number of halogens is 3. The molecule has 3 N–H and O–H groups in total. The lowest BCUT2D eigenvalue weighted by molar-refractivity contribution is -0.175. The lowest BCUT2D eigenvalue weighted by Crippen LogP contribution is -2.59. The average Bonchev–Trinajstić information content (AvgIpc) is 3.13. The van der Waals surface area contributed by atoms with E-state index in [9.17, 15) is 37.6 Å². The highest BCUT2D eigenvalue weighted by molar-refractivity contribution is 5.94. The van der Waals surface area contributed by atoms with Crippen LogP contribution in [0.4, 0.5) is 13.2 Å². The molecule has 0 radical (unpaired) electrons. The molecular formula is C23H32F3N5O4. The number of hydrogen-bond acceptors (Lipinski definition) is 5. The Hall–Kier alpha value is -2.84. The fourth-order valence-electron chi connectivity index (χ4n) is 5.44. The predicted molar refractivity (Wildman–Crippen MR) is 117 cm³/mol. The summed E-state index contributed by atoms with van der Waals surface area (Å²) in [6.45, 7) is 7.69. The number of carbonyl (C=O) groups is 4. The van der Waals surface area contributed by atoms with Crippen molar-refractivity contribution in [3.63, 3.8) is 0 Å². The zero-order valence-corrected chi connectivity index (χ0v) is 20.2. The molecule has 3 aliphatic rings. The van der Waals surface area contributed by atoms with E-state index < -0.39 is 47.9 Å². The molecule has 2 saturated heterocycles. The number of rotatable bonds is 8. The van der Waals surface area contributed by atoms with E-state index in [2.05, 4.69) is 10.6 Å². The first-order valence-electron chi connectivity index (χ1n) is 11.9. The first-order chi connectivity index (χ1) is 16.2. The van der Waals surface area contributed by atoms with Crippen LogP contribution < -0.4 is 16.0 Å². The monoisotopic (exact) mass is 499 g/mol. The highest BCUT2D eigenvalue weighted by atomic mass is 19.4. The third-order valence-electron chi connectivity index (χ3n) is 7.68. The third kappa shape index (κ3) is 5.38. The number of nitrogens with zero attached hydrogens (tertiary/aromatic N) is 2. The molecule has 3 fully saturated rings. The number of carbonyl (C=O) groups excluding carboxylic acids is 4. The number of hydrogen-bond donors (Lipinski definition) is 3. The molecule has 0 aromatic carbocycles. The van der Waals surface area contributed by atoms with E-state index in [1.54, 1.807) is 5.32 Å². The van der Waals surface area contributed by atoms with Crippen LogP contribution in [0, 0.1) is 40.4 Å². The van der Waals surface area contributed by atoms with Gasteiger partial charge in [-0.15, -0.1) is 0 Å². The fraction of sp³-hybridized carbons (Fsp3) is 0.783. The van der Waals surface area contributed by atoms with Crippen LogP contribution in [-0.2, 0) is 19.2 Å². The number of piperidine rings is 1. The highest BCUT2D eigenvalue weighted by Crippen LogP contribution is 2.65. The fourth-order valence-corrected chi connectivity index (χ4v) is 5.44. The van der Waals surface area contributed by atoms with Crippen LogP contribution in [0.15, 0.2) is 0 Å². The quantitative estimate of drug-likeness (QED) is 0.460. The number of alkyl halides is 3. The maximum atomic E-state index is 13.3. The van der Waals surface area contributed by atoms with Gasteiger partial charge in [0, 0.05) is 19.0 Å². The summed E-state index contributed by atoms with van der Waals surface area (Å²) >= 11 is 0. The van der Waals surface area contributed by atoms with Crippen molar-refractivity contribution < 1.29 is 32.3 Å². The Balaban J connectivity index is 1.73. The molecular weight excluding hydrogens is 467 g/mol. The van der Waals surface area contributed by atoms with Crippen LogP contribution in [0.5, 0.6) is 0 Å². The molecule has 2 heterocycles. The van der Waals surface area contributed by atoms with Gasteiger partial charge in [-0.3, -0.25) is 19.2 Å². The van der Waals surface area contributed by atoms with Crippen LogP contribution in [0.25, 0.3) is 0 Å². The van der Waals surface area contributed by atoms with Gasteiger partial charge in [-0.1, -0.05) is 27.7 Å². The molecule has 0 unspecified atom stereocenters. The molecule has 12 heteroatoms. The summed E-state index contributed by atoms with van der Waals surface area (Å²) in [7, 11) is 0. The molecule has 1 saturated carbocycles. The smallest absolute Gasteiger partial charge is 0.356 e. The van der Waals surface area contributed by atoms with Crippen molar-refractivity contribution in [1.82, 2.24) is 20.9 Å². The van der Waals surface area contributed by atoms with Crippen LogP contribution in [-0.4, -0.2) is 65.9 Å². The van der Waals surface area contributed by atoms with E-state index >= 15 is 0 Å². The van der Waals surface area contributed by atoms with Gasteiger partial charge in [0.25, 0.3) is 0 Å². The standard InChI is InChI=1S/C23H32F3N5O4/c1-11(2)16(30-21(35)23(24,25)26)20(34)31-10-14-15(22(14,3)4)17(31)19(33)29-13(9-27)6-5-12-7-8-28-18(12)32/h11-17H,5-8,10H2,1-4H3,(H,28,32)(H,29,33)(H,30,35)/t12-,13+,14+,15+,16+,17+/m1/s1. The van der Waals surface area contributed by atoms with E-state index in [1.807, 2.05) is 19.9 Å². The Morgan fingerprint density at radius 1 is 1.26 bits per heavy atom.